The Labute approximate surface area is 74.3 Å². The smallest absolute Gasteiger partial charge is 0.168 e. The summed E-state index contributed by atoms with van der Waals surface area (Å²) in [7, 11) is -3.04. The van der Waals surface area contributed by atoms with Gasteiger partial charge in [0.05, 0.1) is 0 Å². The molecule has 0 aromatic carbocycles. The highest BCUT2D eigenvalue weighted by molar-refractivity contribution is 7.92. The number of hydrogen-bond donors (Lipinski definition) is 1. The maximum Gasteiger partial charge on any atom is 0.168 e. The van der Waals surface area contributed by atoms with Crippen LogP contribution in [0.4, 0.5) is 0 Å². The fourth-order valence-electron chi connectivity index (χ4n) is 1.75. The molecule has 0 amide bonds. The fourth-order valence-corrected chi connectivity index (χ4v) is 3.23. The Kier molecular flexibility index (Phi) is 2.78. The predicted molar refractivity (Wildman–Crippen MR) is 49.5 cm³/mol. The second-order valence-electron chi connectivity index (χ2n) is 3.53. The van der Waals surface area contributed by atoms with E-state index in [2.05, 4.69) is 0 Å². The number of hydrogen-bond acceptors (Lipinski definition) is 3. The van der Waals surface area contributed by atoms with E-state index in [9.17, 15) is 8.42 Å². The quantitative estimate of drug-likeness (QED) is 0.709. The van der Waals surface area contributed by atoms with Gasteiger partial charge in [-0.1, -0.05) is 26.2 Å². The van der Waals surface area contributed by atoms with Gasteiger partial charge in [-0.15, -0.1) is 0 Å². The summed E-state index contributed by atoms with van der Waals surface area (Å²) in [5.74, 6) is 0.170. The van der Waals surface area contributed by atoms with E-state index in [0.29, 0.717) is 12.8 Å². The van der Waals surface area contributed by atoms with Crippen LogP contribution in [0.2, 0.25) is 0 Å². The molecule has 1 rings (SSSR count). The molecular formula is C8H17NO2S. The third kappa shape index (κ3) is 1.64. The zero-order chi connectivity index (χ0) is 9.24. The lowest BCUT2D eigenvalue weighted by molar-refractivity contribution is 0.381. The summed E-state index contributed by atoms with van der Waals surface area (Å²) in [5.41, 5.74) is 5.86. The van der Waals surface area contributed by atoms with E-state index in [0.717, 1.165) is 19.3 Å². The molecule has 1 fully saturated rings. The van der Waals surface area contributed by atoms with Gasteiger partial charge in [0.2, 0.25) is 0 Å². The molecule has 0 aromatic rings. The Balaban J connectivity index is 2.83. The Morgan fingerprint density at radius 1 is 1.25 bits per heavy atom. The van der Waals surface area contributed by atoms with Gasteiger partial charge in [-0.05, 0) is 12.8 Å². The first-order chi connectivity index (χ1) is 5.52. The van der Waals surface area contributed by atoms with Crippen molar-refractivity contribution in [1.29, 1.82) is 0 Å². The normalized spacial score (nSPS) is 23.8. The van der Waals surface area contributed by atoms with Crippen LogP contribution in [0.1, 0.15) is 39.0 Å². The van der Waals surface area contributed by atoms with Gasteiger partial charge >= 0.3 is 0 Å². The number of rotatable bonds is 2. The average molecular weight is 191 g/mol. The SMILES string of the molecule is CCS(=O)(=O)C1(N)CCCCC1. The molecule has 0 unspecified atom stereocenters. The first-order valence-electron chi connectivity index (χ1n) is 4.53. The van der Waals surface area contributed by atoms with Crippen LogP contribution in [0.15, 0.2) is 0 Å². The van der Waals surface area contributed by atoms with Crippen molar-refractivity contribution in [2.45, 2.75) is 43.9 Å². The summed E-state index contributed by atoms with van der Waals surface area (Å²) in [6, 6.07) is 0. The number of nitrogens with two attached hydrogens (primary N) is 1. The predicted octanol–water partition coefficient (Wildman–Crippen LogP) is 1.04. The first-order valence-corrected chi connectivity index (χ1v) is 6.18. The average Bonchev–Trinajstić information content (AvgIpc) is 2.06. The van der Waals surface area contributed by atoms with Gasteiger partial charge in [0, 0.05) is 5.75 Å². The second kappa shape index (κ2) is 3.34. The molecule has 0 atom stereocenters. The summed E-state index contributed by atoms with van der Waals surface area (Å²) in [5, 5.41) is 0. The third-order valence-corrected chi connectivity index (χ3v) is 5.11. The monoisotopic (exact) mass is 191 g/mol. The molecule has 1 aliphatic rings. The van der Waals surface area contributed by atoms with Gasteiger partial charge in [-0.3, -0.25) is 0 Å². The molecule has 1 saturated carbocycles. The lowest BCUT2D eigenvalue weighted by Crippen LogP contribution is -2.49. The highest BCUT2D eigenvalue weighted by atomic mass is 32.2. The third-order valence-electron chi connectivity index (χ3n) is 2.70. The van der Waals surface area contributed by atoms with Crippen molar-refractivity contribution < 1.29 is 8.42 Å². The fraction of sp³-hybridized carbons (Fsp3) is 1.00. The Bertz CT molecular complexity index is 240. The zero-order valence-corrected chi connectivity index (χ0v) is 8.36. The van der Waals surface area contributed by atoms with E-state index in [-0.39, 0.29) is 5.75 Å². The van der Waals surface area contributed by atoms with Crippen molar-refractivity contribution in [3.8, 4) is 0 Å². The van der Waals surface area contributed by atoms with E-state index in [1.54, 1.807) is 6.92 Å². The molecule has 72 valence electrons. The van der Waals surface area contributed by atoms with Crippen LogP contribution in [-0.2, 0) is 9.84 Å². The summed E-state index contributed by atoms with van der Waals surface area (Å²) >= 11 is 0. The molecule has 0 saturated heterocycles. The molecular weight excluding hydrogens is 174 g/mol. The molecule has 0 heterocycles. The van der Waals surface area contributed by atoms with Crippen molar-refractivity contribution in [3.63, 3.8) is 0 Å². The highest BCUT2D eigenvalue weighted by Gasteiger charge is 2.39. The van der Waals surface area contributed by atoms with Crippen molar-refractivity contribution >= 4 is 9.84 Å². The minimum atomic E-state index is -3.04. The molecule has 0 spiro atoms. The summed E-state index contributed by atoms with van der Waals surface area (Å²) in [6.45, 7) is 1.67. The van der Waals surface area contributed by atoms with Gasteiger partial charge in [-0.2, -0.15) is 0 Å². The molecule has 1 aliphatic carbocycles. The number of sulfone groups is 1. The van der Waals surface area contributed by atoms with Gasteiger partial charge in [0.15, 0.2) is 9.84 Å². The van der Waals surface area contributed by atoms with Gasteiger partial charge < -0.3 is 5.73 Å². The minimum Gasteiger partial charge on any atom is -0.313 e. The Hall–Kier alpha value is -0.0900. The van der Waals surface area contributed by atoms with Crippen molar-refractivity contribution in [3.05, 3.63) is 0 Å². The molecule has 0 aromatic heterocycles. The molecule has 0 aliphatic heterocycles. The van der Waals surface area contributed by atoms with Crippen LogP contribution >= 0.6 is 0 Å². The maximum atomic E-state index is 11.6. The topological polar surface area (TPSA) is 60.2 Å². The molecule has 0 bridgehead atoms. The van der Waals surface area contributed by atoms with E-state index in [1.165, 1.54) is 0 Å². The maximum absolute atomic E-state index is 11.6. The standard InChI is InChI=1S/C8H17NO2S/c1-2-12(10,11)8(9)6-4-3-5-7-8/h2-7,9H2,1H3. The molecule has 3 nitrogen and oxygen atoms in total. The zero-order valence-electron chi connectivity index (χ0n) is 7.54. The summed E-state index contributed by atoms with van der Waals surface area (Å²) in [4.78, 5) is -0.903. The van der Waals surface area contributed by atoms with Crippen molar-refractivity contribution in [2.24, 2.45) is 5.73 Å². The van der Waals surface area contributed by atoms with Crippen molar-refractivity contribution in [1.82, 2.24) is 0 Å². The lowest BCUT2D eigenvalue weighted by Gasteiger charge is -2.32. The first kappa shape index (κ1) is 9.99. The molecule has 12 heavy (non-hydrogen) atoms. The van der Waals surface area contributed by atoms with Crippen LogP contribution < -0.4 is 5.73 Å². The Morgan fingerprint density at radius 3 is 2.17 bits per heavy atom. The van der Waals surface area contributed by atoms with Crippen LogP contribution in [0, 0.1) is 0 Å². The van der Waals surface area contributed by atoms with Crippen molar-refractivity contribution in [2.75, 3.05) is 5.75 Å². The Morgan fingerprint density at radius 2 is 1.75 bits per heavy atom. The largest absolute Gasteiger partial charge is 0.313 e. The minimum absolute atomic E-state index is 0.170. The van der Waals surface area contributed by atoms with Crippen LogP contribution in [0.25, 0.3) is 0 Å². The van der Waals surface area contributed by atoms with Gasteiger partial charge in [0.1, 0.15) is 4.87 Å². The van der Waals surface area contributed by atoms with E-state index in [4.69, 9.17) is 5.73 Å². The van der Waals surface area contributed by atoms with Gasteiger partial charge in [-0.25, -0.2) is 8.42 Å². The summed E-state index contributed by atoms with van der Waals surface area (Å²) < 4.78 is 23.1. The van der Waals surface area contributed by atoms with Crippen LogP contribution in [-0.4, -0.2) is 19.0 Å². The van der Waals surface area contributed by atoms with E-state index in [1.807, 2.05) is 0 Å². The van der Waals surface area contributed by atoms with Gasteiger partial charge in [0.25, 0.3) is 0 Å². The van der Waals surface area contributed by atoms with Crippen LogP contribution in [0.5, 0.6) is 0 Å². The highest BCUT2D eigenvalue weighted by Crippen LogP contribution is 2.30. The molecule has 2 N–H and O–H groups in total. The van der Waals surface area contributed by atoms with E-state index >= 15 is 0 Å². The lowest BCUT2D eigenvalue weighted by atomic mass is 9.96. The molecule has 4 heteroatoms. The second-order valence-corrected chi connectivity index (χ2v) is 6.15. The van der Waals surface area contributed by atoms with E-state index < -0.39 is 14.7 Å². The summed E-state index contributed by atoms with van der Waals surface area (Å²) in [6.07, 6.45) is 4.32. The molecule has 0 radical (unpaired) electrons. The van der Waals surface area contributed by atoms with Crippen LogP contribution in [0.3, 0.4) is 0 Å².